The third-order valence-electron chi connectivity index (χ3n) is 4.12. The molecule has 1 aliphatic carbocycles. The van der Waals surface area contributed by atoms with Crippen molar-refractivity contribution in [2.24, 2.45) is 5.73 Å². The zero-order valence-corrected chi connectivity index (χ0v) is 12.1. The molecule has 2 heterocycles. The highest BCUT2D eigenvalue weighted by Gasteiger charge is 2.29. The molecule has 0 atom stereocenters. The lowest BCUT2D eigenvalue weighted by Crippen LogP contribution is -2.00. The number of hydrogen-bond donors (Lipinski definition) is 1. The number of benzene rings is 1. The number of pyridine rings is 1. The molecule has 1 saturated carbocycles. The average Bonchev–Trinajstić information content (AvgIpc) is 3.27. The molecule has 4 rings (SSSR count). The van der Waals surface area contributed by atoms with Crippen LogP contribution < -0.4 is 5.73 Å². The van der Waals surface area contributed by atoms with Crippen LogP contribution in [0.15, 0.2) is 36.5 Å². The smallest absolute Gasteiger partial charge is 0.160 e. The van der Waals surface area contributed by atoms with Crippen molar-refractivity contribution in [1.82, 2.24) is 14.5 Å². The van der Waals surface area contributed by atoms with Gasteiger partial charge >= 0.3 is 0 Å². The summed E-state index contributed by atoms with van der Waals surface area (Å²) in [7, 11) is 0. The molecule has 4 nitrogen and oxygen atoms in total. The lowest BCUT2D eigenvalue weighted by atomic mass is 10.2. The van der Waals surface area contributed by atoms with Gasteiger partial charge in [-0.1, -0.05) is 12.1 Å². The normalized spacial score (nSPS) is 14.8. The highest BCUT2D eigenvalue weighted by Crippen LogP contribution is 2.41. The Balaban J connectivity index is 1.99. The molecular formula is C17H18N4. The number of imidazole rings is 1. The molecule has 0 unspecified atom stereocenters. The Morgan fingerprint density at radius 3 is 2.86 bits per heavy atom. The summed E-state index contributed by atoms with van der Waals surface area (Å²) in [5.74, 6) is 0.986. The molecule has 21 heavy (non-hydrogen) atoms. The van der Waals surface area contributed by atoms with Gasteiger partial charge in [-0.05, 0) is 49.1 Å². The van der Waals surface area contributed by atoms with Crippen LogP contribution in [0.2, 0.25) is 0 Å². The van der Waals surface area contributed by atoms with Gasteiger partial charge in [0.25, 0.3) is 0 Å². The lowest BCUT2D eigenvalue weighted by molar-refractivity contribution is 0.771. The fraction of sp³-hybridized carbons (Fsp3) is 0.294. The first-order chi connectivity index (χ1) is 10.3. The number of nitrogens with zero attached hydrogens (tertiary/aromatic N) is 3. The third kappa shape index (κ3) is 2.03. The van der Waals surface area contributed by atoms with E-state index >= 15 is 0 Å². The van der Waals surface area contributed by atoms with Gasteiger partial charge in [0.05, 0.1) is 11.0 Å². The van der Waals surface area contributed by atoms with Crippen LogP contribution in [0.1, 0.15) is 30.0 Å². The number of rotatable bonds is 3. The molecule has 4 heteroatoms. The van der Waals surface area contributed by atoms with E-state index < -0.39 is 0 Å². The molecule has 0 aliphatic heterocycles. The molecular weight excluding hydrogens is 260 g/mol. The zero-order valence-electron chi connectivity index (χ0n) is 12.1. The first-order valence-corrected chi connectivity index (χ1v) is 7.41. The van der Waals surface area contributed by atoms with E-state index in [0.29, 0.717) is 12.6 Å². The van der Waals surface area contributed by atoms with Crippen LogP contribution in [0.5, 0.6) is 0 Å². The van der Waals surface area contributed by atoms with Gasteiger partial charge in [0, 0.05) is 18.8 Å². The Morgan fingerprint density at radius 2 is 2.14 bits per heavy atom. The van der Waals surface area contributed by atoms with Crippen molar-refractivity contribution in [3.63, 3.8) is 0 Å². The van der Waals surface area contributed by atoms with E-state index in [1.165, 1.54) is 18.4 Å². The molecule has 0 bridgehead atoms. The average molecular weight is 278 g/mol. The lowest BCUT2D eigenvalue weighted by Gasteiger charge is -2.08. The van der Waals surface area contributed by atoms with Gasteiger partial charge in [0.2, 0.25) is 0 Å². The molecule has 1 aliphatic rings. The molecule has 0 spiro atoms. The van der Waals surface area contributed by atoms with Crippen LogP contribution in [-0.4, -0.2) is 14.5 Å². The number of fused-ring (bicyclic) bond motifs is 1. The molecule has 1 fully saturated rings. The van der Waals surface area contributed by atoms with Crippen LogP contribution in [0.25, 0.3) is 22.6 Å². The van der Waals surface area contributed by atoms with Crippen molar-refractivity contribution in [1.29, 1.82) is 0 Å². The third-order valence-corrected chi connectivity index (χ3v) is 4.12. The summed E-state index contributed by atoms with van der Waals surface area (Å²) < 4.78 is 2.35. The zero-order chi connectivity index (χ0) is 14.4. The fourth-order valence-electron chi connectivity index (χ4n) is 2.86. The topological polar surface area (TPSA) is 56.7 Å². The number of nitrogens with two attached hydrogens (primary N) is 1. The minimum atomic E-state index is 0.546. The SMILES string of the molecule is Cc1cccnc1-c1nc2cc(CN)ccc2n1C1CC1. The minimum absolute atomic E-state index is 0.546. The molecule has 0 amide bonds. The van der Waals surface area contributed by atoms with Gasteiger partial charge in [-0.2, -0.15) is 0 Å². The molecule has 3 aromatic rings. The standard InChI is InChI=1S/C17H18N4/c1-11-3-2-8-19-16(11)17-20-14-9-12(10-18)4-7-15(14)21(17)13-5-6-13/h2-4,7-9,13H,5-6,10,18H2,1H3. The molecule has 2 aromatic heterocycles. The van der Waals surface area contributed by atoms with Crippen molar-refractivity contribution in [2.75, 3.05) is 0 Å². The number of aromatic nitrogens is 3. The van der Waals surface area contributed by atoms with Crippen LogP contribution in [-0.2, 0) is 6.54 Å². The molecule has 0 saturated heterocycles. The van der Waals surface area contributed by atoms with Crippen molar-refractivity contribution < 1.29 is 0 Å². The Labute approximate surface area is 123 Å². The maximum absolute atomic E-state index is 5.75. The predicted octanol–water partition coefficient (Wildman–Crippen LogP) is 3.20. The summed E-state index contributed by atoms with van der Waals surface area (Å²) >= 11 is 0. The summed E-state index contributed by atoms with van der Waals surface area (Å²) in [6, 6.07) is 11.0. The van der Waals surface area contributed by atoms with Gasteiger partial charge in [0.15, 0.2) is 5.82 Å². The van der Waals surface area contributed by atoms with Gasteiger partial charge in [-0.3, -0.25) is 4.98 Å². The quantitative estimate of drug-likeness (QED) is 0.800. The van der Waals surface area contributed by atoms with Gasteiger partial charge < -0.3 is 10.3 Å². The summed E-state index contributed by atoms with van der Waals surface area (Å²) in [5, 5.41) is 0. The van der Waals surface area contributed by atoms with E-state index in [-0.39, 0.29) is 0 Å². The maximum Gasteiger partial charge on any atom is 0.160 e. The number of hydrogen-bond acceptors (Lipinski definition) is 3. The highest BCUT2D eigenvalue weighted by atomic mass is 15.1. The van der Waals surface area contributed by atoms with Crippen LogP contribution in [0.4, 0.5) is 0 Å². The summed E-state index contributed by atoms with van der Waals surface area (Å²) in [5.41, 5.74) is 11.2. The summed E-state index contributed by atoms with van der Waals surface area (Å²) in [6.45, 7) is 2.63. The molecule has 2 N–H and O–H groups in total. The largest absolute Gasteiger partial charge is 0.326 e. The Kier molecular flexibility index (Phi) is 2.79. The first-order valence-electron chi connectivity index (χ1n) is 7.41. The van der Waals surface area contributed by atoms with Crippen molar-refractivity contribution in [2.45, 2.75) is 32.4 Å². The molecule has 1 aromatic carbocycles. The Bertz CT molecular complexity index is 815. The van der Waals surface area contributed by atoms with Gasteiger partial charge in [0.1, 0.15) is 5.69 Å². The van der Waals surface area contributed by atoms with E-state index in [1.807, 2.05) is 12.3 Å². The van der Waals surface area contributed by atoms with Crippen LogP contribution in [0.3, 0.4) is 0 Å². The second-order valence-corrected chi connectivity index (χ2v) is 5.73. The van der Waals surface area contributed by atoms with E-state index in [9.17, 15) is 0 Å². The summed E-state index contributed by atoms with van der Waals surface area (Å²) in [4.78, 5) is 9.41. The molecule has 0 radical (unpaired) electrons. The maximum atomic E-state index is 5.75. The van der Waals surface area contributed by atoms with Crippen LogP contribution >= 0.6 is 0 Å². The highest BCUT2D eigenvalue weighted by molar-refractivity contribution is 5.81. The monoisotopic (exact) mass is 278 g/mol. The van der Waals surface area contributed by atoms with Crippen molar-refractivity contribution in [3.05, 3.63) is 47.7 Å². The van der Waals surface area contributed by atoms with Crippen molar-refractivity contribution >= 4 is 11.0 Å². The van der Waals surface area contributed by atoms with Crippen LogP contribution in [0, 0.1) is 6.92 Å². The van der Waals surface area contributed by atoms with E-state index in [1.54, 1.807) is 0 Å². The molecule has 106 valence electrons. The van der Waals surface area contributed by atoms with Gasteiger partial charge in [-0.15, -0.1) is 0 Å². The van der Waals surface area contributed by atoms with E-state index in [0.717, 1.165) is 28.2 Å². The first kappa shape index (κ1) is 12.5. The number of aryl methyl sites for hydroxylation is 1. The second kappa shape index (κ2) is 4.67. The van der Waals surface area contributed by atoms with Gasteiger partial charge in [-0.25, -0.2) is 4.98 Å². The predicted molar refractivity (Wildman–Crippen MR) is 83.9 cm³/mol. The van der Waals surface area contributed by atoms with Crippen molar-refractivity contribution in [3.8, 4) is 11.5 Å². The Morgan fingerprint density at radius 1 is 1.29 bits per heavy atom. The van der Waals surface area contributed by atoms with E-state index in [2.05, 4.69) is 40.7 Å². The summed E-state index contributed by atoms with van der Waals surface area (Å²) in [6.07, 6.45) is 4.29. The fourth-order valence-corrected chi connectivity index (χ4v) is 2.86. The minimum Gasteiger partial charge on any atom is -0.326 e. The Hall–Kier alpha value is -2.20. The van der Waals surface area contributed by atoms with E-state index in [4.69, 9.17) is 10.7 Å². The second-order valence-electron chi connectivity index (χ2n) is 5.73.